The molecule has 2 heterocycles. The Morgan fingerprint density at radius 2 is 2.00 bits per heavy atom. The molecule has 0 spiro atoms. The van der Waals surface area contributed by atoms with Crippen LogP contribution in [-0.2, 0) is 10.3 Å². The van der Waals surface area contributed by atoms with Gasteiger partial charge in [-0.2, -0.15) is 0 Å². The highest BCUT2D eigenvalue weighted by atomic mass is 79.9. The summed E-state index contributed by atoms with van der Waals surface area (Å²) in [5.41, 5.74) is 6.04. The Balaban J connectivity index is 1.72. The number of hydrogen-bond donors (Lipinski definition) is 2. The van der Waals surface area contributed by atoms with Crippen LogP contribution in [0.3, 0.4) is 0 Å². The number of aldehydes is 1. The van der Waals surface area contributed by atoms with Crippen molar-refractivity contribution in [2.75, 3.05) is 5.73 Å². The molecule has 8 nitrogen and oxygen atoms in total. The zero-order valence-electron chi connectivity index (χ0n) is 16.2. The molecule has 0 atom stereocenters. The summed E-state index contributed by atoms with van der Waals surface area (Å²) in [7, 11) is 0. The minimum absolute atomic E-state index is 0.295. The minimum Gasteiger partial charge on any atom is -0.444 e. The Morgan fingerprint density at radius 1 is 1.32 bits per heavy atom. The number of amides is 1. The lowest BCUT2D eigenvalue weighted by molar-refractivity contribution is 0.0458. The van der Waals surface area contributed by atoms with Gasteiger partial charge in [-0.1, -0.05) is 0 Å². The van der Waals surface area contributed by atoms with Crippen LogP contribution in [0.5, 0.6) is 0 Å². The second kappa shape index (κ2) is 6.17. The van der Waals surface area contributed by atoms with Crippen LogP contribution in [0, 0.1) is 0 Å². The van der Waals surface area contributed by atoms with Crippen molar-refractivity contribution < 1.29 is 14.3 Å². The monoisotopic (exact) mass is 449 g/mol. The average Bonchev–Trinajstić information content (AvgIpc) is 3.21. The molecule has 4 rings (SSSR count). The van der Waals surface area contributed by atoms with Crippen LogP contribution in [0.15, 0.2) is 10.8 Å². The van der Waals surface area contributed by atoms with Gasteiger partial charge >= 0.3 is 6.09 Å². The van der Waals surface area contributed by atoms with E-state index in [4.69, 9.17) is 10.5 Å². The van der Waals surface area contributed by atoms with E-state index in [0.717, 1.165) is 38.4 Å². The van der Waals surface area contributed by atoms with Gasteiger partial charge in [0.15, 0.2) is 6.29 Å². The largest absolute Gasteiger partial charge is 0.444 e. The van der Waals surface area contributed by atoms with E-state index in [0.29, 0.717) is 27.0 Å². The van der Waals surface area contributed by atoms with Gasteiger partial charge in [-0.05, 0) is 68.8 Å². The molecule has 28 heavy (non-hydrogen) atoms. The molecule has 150 valence electrons. The van der Waals surface area contributed by atoms with Crippen molar-refractivity contribution in [2.24, 2.45) is 0 Å². The Morgan fingerprint density at radius 3 is 2.61 bits per heavy atom. The Labute approximate surface area is 171 Å². The summed E-state index contributed by atoms with van der Waals surface area (Å²) >= 11 is 3.51. The van der Waals surface area contributed by atoms with Crippen LogP contribution in [0.1, 0.15) is 63.4 Å². The maximum absolute atomic E-state index is 12.4. The molecule has 2 saturated carbocycles. The summed E-state index contributed by atoms with van der Waals surface area (Å²) in [5.74, 6) is 0.337. The maximum Gasteiger partial charge on any atom is 0.408 e. The molecule has 1 amide bonds. The number of carbonyl (C=O) groups excluding carboxylic acids is 2. The van der Waals surface area contributed by atoms with E-state index in [-0.39, 0.29) is 11.1 Å². The van der Waals surface area contributed by atoms with E-state index in [1.807, 2.05) is 25.3 Å². The molecule has 2 fully saturated rings. The normalized spacial score (nSPS) is 26.6. The number of aromatic nitrogens is 3. The highest BCUT2D eigenvalue weighted by Gasteiger charge is 2.57. The van der Waals surface area contributed by atoms with Gasteiger partial charge in [0, 0.05) is 11.1 Å². The molecule has 2 bridgehead atoms. The van der Waals surface area contributed by atoms with Gasteiger partial charge in [0.25, 0.3) is 0 Å². The van der Waals surface area contributed by atoms with Gasteiger partial charge in [0.05, 0.1) is 15.6 Å². The van der Waals surface area contributed by atoms with Gasteiger partial charge in [-0.15, -0.1) is 0 Å². The highest BCUT2D eigenvalue weighted by molar-refractivity contribution is 9.10. The minimum atomic E-state index is -0.546. The molecule has 2 aliphatic rings. The predicted octanol–water partition coefficient (Wildman–Crippen LogP) is 3.53. The Bertz CT molecular complexity index is 970. The highest BCUT2D eigenvalue weighted by Crippen LogP contribution is 2.57. The fraction of sp³-hybridized carbons (Fsp3) is 0.579. The predicted molar refractivity (Wildman–Crippen MR) is 108 cm³/mol. The number of alkyl carbamates (subject to hydrolysis) is 1. The van der Waals surface area contributed by atoms with Gasteiger partial charge in [-0.25, -0.2) is 14.8 Å². The third-order valence-electron chi connectivity index (χ3n) is 5.91. The number of nitrogens with zero attached hydrogens (tertiary/aromatic N) is 3. The van der Waals surface area contributed by atoms with E-state index in [9.17, 15) is 9.59 Å². The summed E-state index contributed by atoms with van der Waals surface area (Å²) < 4.78 is 8.08. The SMILES string of the molecule is CC(C)(C)OC(=O)NC12CCC(n3c(C=O)c(Br)c4c(N)ncnc43)(CC1)C2. The zero-order chi connectivity index (χ0) is 20.3. The number of halogens is 1. The number of nitrogens with two attached hydrogens (primary N) is 1. The van der Waals surface area contributed by atoms with Gasteiger partial charge in [-0.3, -0.25) is 4.79 Å². The number of ether oxygens (including phenoxy) is 1. The van der Waals surface area contributed by atoms with Crippen molar-refractivity contribution in [3.05, 3.63) is 16.5 Å². The smallest absolute Gasteiger partial charge is 0.408 e. The lowest BCUT2D eigenvalue weighted by Gasteiger charge is -2.31. The molecule has 9 heteroatoms. The zero-order valence-corrected chi connectivity index (χ0v) is 17.8. The van der Waals surface area contributed by atoms with Crippen LogP contribution >= 0.6 is 15.9 Å². The molecular weight excluding hydrogens is 426 g/mol. The summed E-state index contributed by atoms with van der Waals surface area (Å²) in [6, 6.07) is 0. The third-order valence-corrected chi connectivity index (χ3v) is 6.71. The van der Waals surface area contributed by atoms with Crippen molar-refractivity contribution >= 4 is 45.2 Å². The maximum atomic E-state index is 12.4. The van der Waals surface area contributed by atoms with Crippen molar-refractivity contribution in [2.45, 2.75) is 69.6 Å². The van der Waals surface area contributed by atoms with E-state index in [1.54, 1.807) is 0 Å². The second-order valence-electron chi connectivity index (χ2n) is 8.92. The van der Waals surface area contributed by atoms with Crippen molar-refractivity contribution in [1.82, 2.24) is 19.9 Å². The van der Waals surface area contributed by atoms with Crippen molar-refractivity contribution in [1.29, 1.82) is 0 Å². The number of hydrogen-bond acceptors (Lipinski definition) is 6. The first-order valence-corrected chi connectivity index (χ1v) is 10.2. The number of nitrogens with one attached hydrogen (secondary N) is 1. The molecule has 0 aliphatic heterocycles. The summed E-state index contributed by atoms with van der Waals surface area (Å²) in [6.07, 6.45) is 5.89. The fourth-order valence-corrected chi connectivity index (χ4v) is 5.52. The molecule has 0 radical (unpaired) electrons. The molecule has 2 aromatic rings. The molecule has 2 aromatic heterocycles. The lowest BCUT2D eigenvalue weighted by Crippen LogP contribution is -2.47. The first-order valence-electron chi connectivity index (χ1n) is 9.37. The van der Waals surface area contributed by atoms with Crippen LogP contribution in [0.25, 0.3) is 11.0 Å². The summed E-state index contributed by atoms with van der Waals surface area (Å²) in [5, 5.41) is 3.76. The molecule has 0 aromatic carbocycles. The van der Waals surface area contributed by atoms with Gasteiger partial charge in [0.2, 0.25) is 0 Å². The molecular formula is C19H24BrN5O3. The van der Waals surface area contributed by atoms with E-state index < -0.39 is 11.7 Å². The molecule has 0 unspecified atom stereocenters. The molecule has 0 saturated heterocycles. The number of anilines is 1. The first kappa shape index (κ1) is 19.2. The van der Waals surface area contributed by atoms with E-state index in [1.165, 1.54) is 6.33 Å². The topological polar surface area (TPSA) is 112 Å². The van der Waals surface area contributed by atoms with Crippen molar-refractivity contribution in [3.8, 4) is 0 Å². The Kier molecular flexibility index (Phi) is 4.22. The van der Waals surface area contributed by atoms with Crippen LogP contribution in [0.4, 0.5) is 10.6 Å². The van der Waals surface area contributed by atoms with E-state index >= 15 is 0 Å². The quantitative estimate of drug-likeness (QED) is 0.692. The fourth-order valence-electron chi connectivity index (χ4n) is 4.86. The number of rotatable bonds is 3. The first-order chi connectivity index (χ1) is 13.1. The number of carbonyl (C=O) groups is 2. The van der Waals surface area contributed by atoms with Gasteiger partial charge < -0.3 is 20.4 Å². The summed E-state index contributed by atoms with van der Waals surface area (Å²) in [6.45, 7) is 5.55. The van der Waals surface area contributed by atoms with E-state index in [2.05, 4.69) is 31.2 Å². The number of fused-ring (bicyclic) bond motifs is 3. The van der Waals surface area contributed by atoms with Gasteiger partial charge in [0.1, 0.15) is 23.4 Å². The number of nitrogen functional groups attached to an aromatic ring is 1. The second-order valence-corrected chi connectivity index (χ2v) is 9.71. The van der Waals surface area contributed by atoms with Crippen molar-refractivity contribution in [3.63, 3.8) is 0 Å². The van der Waals surface area contributed by atoms with Crippen LogP contribution in [-0.4, -0.2) is 38.1 Å². The van der Waals surface area contributed by atoms with Crippen LogP contribution < -0.4 is 11.1 Å². The third kappa shape index (κ3) is 2.87. The standard InChI is InChI=1S/C19H24BrN5O3/c1-17(2,3)28-16(27)24-18-4-6-19(9-18,7-5-18)25-11(8-26)13(20)12-14(21)22-10-23-15(12)25/h8,10H,4-7,9H2,1-3H3,(H,24,27)(H2,21,22,23). The molecule has 3 N–H and O–H groups in total. The lowest BCUT2D eigenvalue weighted by atomic mass is 9.91. The van der Waals surface area contributed by atoms with Crippen LogP contribution in [0.2, 0.25) is 0 Å². The molecule has 2 aliphatic carbocycles. The summed E-state index contributed by atoms with van der Waals surface area (Å²) in [4.78, 5) is 32.8. The Hall–Kier alpha value is -2.16. The average molecular weight is 450 g/mol.